The largest absolute Gasteiger partial charge is 0.348 e. The smallest absolute Gasteiger partial charge is 0.159 e. The van der Waals surface area contributed by atoms with Gasteiger partial charge in [-0.15, -0.1) is 0 Å². The molecule has 0 fully saturated rings. The van der Waals surface area contributed by atoms with Crippen LogP contribution in [0.5, 0.6) is 0 Å². The number of aliphatic imine (C=N–C) groups is 3. The van der Waals surface area contributed by atoms with Crippen LogP contribution in [0.15, 0.2) is 135 Å². The summed E-state index contributed by atoms with van der Waals surface area (Å²) < 4.78 is 0. The first-order valence-electron chi connectivity index (χ1n) is 15.8. The molecule has 0 saturated heterocycles. The standard InChI is InChI=1S/C38H40N4/c1-5-14-27(15-6-1)33-25-34(35(39-26-33)28-16-7-2-8-17-28)31-22-13-23-32(24-31)38-41-36(29-18-9-3-10-19-29)40-37(42-38)30-20-11-4-12-21-30/h1-5,7,9-11,13,16,18,20,22-24,26-27,29,34,37H,6,8,12,14-15,17,19,21,25H2,(H,40,41,42). The van der Waals surface area contributed by atoms with Crippen LogP contribution in [-0.4, -0.2) is 23.5 Å². The predicted molar refractivity (Wildman–Crippen MR) is 176 cm³/mol. The highest BCUT2D eigenvalue weighted by Crippen LogP contribution is 2.39. The maximum atomic E-state index is 5.21. The van der Waals surface area contributed by atoms with Crippen LogP contribution in [0, 0.1) is 11.8 Å². The Labute approximate surface area is 250 Å². The van der Waals surface area contributed by atoms with Gasteiger partial charge in [-0.3, -0.25) is 4.99 Å². The fraction of sp³-hybridized carbons (Fsp3) is 0.342. The molecule has 0 radical (unpaired) electrons. The molecule has 0 aromatic heterocycles. The van der Waals surface area contributed by atoms with Crippen molar-refractivity contribution in [3.63, 3.8) is 0 Å². The minimum atomic E-state index is -0.0831. The molecule has 0 amide bonds. The molecular weight excluding hydrogens is 512 g/mol. The number of nitrogens with one attached hydrogen (secondary N) is 1. The number of benzene rings is 1. The molecule has 212 valence electrons. The van der Waals surface area contributed by atoms with Crippen molar-refractivity contribution < 1.29 is 0 Å². The highest BCUT2D eigenvalue weighted by molar-refractivity contribution is 6.10. The Balaban J connectivity index is 1.24. The third-order valence-corrected chi connectivity index (χ3v) is 9.31. The molecule has 0 saturated carbocycles. The molecule has 2 heterocycles. The molecule has 1 aromatic rings. The SMILES string of the molecule is C1=CCCC(C2=NC=C(C3CC=CCC3)CC2c2cccc(C3=NC(C4=CC=CCC4)NC(C4C=CC=CC4)=N3)c2)=C1. The highest BCUT2D eigenvalue weighted by atomic mass is 15.2. The van der Waals surface area contributed by atoms with Gasteiger partial charge in [-0.2, -0.15) is 0 Å². The van der Waals surface area contributed by atoms with Gasteiger partial charge in [0.1, 0.15) is 12.0 Å². The van der Waals surface area contributed by atoms with Gasteiger partial charge >= 0.3 is 0 Å². The van der Waals surface area contributed by atoms with Crippen molar-refractivity contribution >= 4 is 17.4 Å². The summed E-state index contributed by atoms with van der Waals surface area (Å²) in [4.78, 5) is 15.6. The molecule has 0 spiro atoms. The van der Waals surface area contributed by atoms with Crippen molar-refractivity contribution in [3.8, 4) is 0 Å². The molecule has 4 nitrogen and oxygen atoms in total. The van der Waals surface area contributed by atoms with Crippen LogP contribution in [0.2, 0.25) is 0 Å². The molecule has 4 atom stereocenters. The second-order valence-corrected chi connectivity index (χ2v) is 12.1. The lowest BCUT2D eigenvalue weighted by Gasteiger charge is -2.31. The Bertz CT molecular complexity index is 1550. The molecule has 2 aliphatic heterocycles. The van der Waals surface area contributed by atoms with Crippen molar-refractivity contribution in [1.29, 1.82) is 0 Å². The molecular formula is C38H40N4. The lowest BCUT2D eigenvalue weighted by atomic mass is 9.76. The maximum Gasteiger partial charge on any atom is 0.159 e. The van der Waals surface area contributed by atoms with Crippen LogP contribution in [0.1, 0.15) is 74.8 Å². The van der Waals surface area contributed by atoms with Crippen LogP contribution in [0.4, 0.5) is 0 Å². The Morgan fingerprint density at radius 3 is 2.52 bits per heavy atom. The van der Waals surface area contributed by atoms with E-state index in [1.165, 1.54) is 40.8 Å². The third kappa shape index (κ3) is 5.81. The Kier molecular flexibility index (Phi) is 7.95. The number of amidine groups is 2. The number of hydrogen-bond acceptors (Lipinski definition) is 4. The highest BCUT2D eigenvalue weighted by Gasteiger charge is 2.30. The van der Waals surface area contributed by atoms with Crippen LogP contribution in [0.25, 0.3) is 0 Å². The third-order valence-electron chi connectivity index (χ3n) is 9.31. The van der Waals surface area contributed by atoms with E-state index in [0.29, 0.717) is 5.92 Å². The quantitative estimate of drug-likeness (QED) is 0.353. The van der Waals surface area contributed by atoms with E-state index in [-0.39, 0.29) is 18.0 Å². The molecule has 6 aliphatic rings. The normalized spacial score (nSPS) is 28.7. The average Bonchev–Trinajstić information content (AvgIpc) is 3.09. The van der Waals surface area contributed by atoms with E-state index in [9.17, 15) is 0 Å². The molecule has 0 bridgehead atoms. The van der Waals surface area contributed by atoms with Gasteiger partial charge in [-0.25, -0.2) is 9.98 Å². The van der Waals surface area contributed by atoms with Crippen molar-refractivity contribution in [1.82, 2.24) is 5.32 Å². The average molecular weight is 553 g/mol. The summed E-state index contributed by atoms with van der Waals surface area (Å²) in [5, 5.41) is 3.69. The van der Waals surface area contributed by atoms with E-state index in [0.717, 1.165) is 62.2 Å². The van der Waals surface area contributed by atoms with Gasteiger partial charge in [0, 0.05) is 23.6 Å². The molecule has 4 aliphatic carbocycles. The zero-order chi connectivity index (χ0) is 28.1. The predicted octanol–water partition coefficient (Wildman–Crippen LogP) is 8.61. The van der Waals surface area contributed by atoms with Crippen LogP contribution in [0.3, 0.4) is 0 Å². The van der Waals surface area contributed by atoms with Gasteiger partial charge in [0.15, 0.2) is 5.84 Å². The first-order chi connectivity index (χ1) is 20.8. The van der Waals surface area contributed by atoms with Crippen molar-refractivity contribution in [2.45, 2.75) is 69.9 Å². The summed E-state index contributed by atoms with van der Waals surface area (Å²) in [6.45, 7) is 0. The first-order valence-corrected chi connectivity index (χ1v) is 15.8. The topological polar surface area (TPSA) is 49.1 Å². The van der Waals surface area contributed by atoms with E-state index in [1.54, 1.807) is 0 Å². The summed E-state index contributed by atoms with van der Waals surface area (Å²) in [6, 6.07) is 9.01. The fourth-order valence-electron chi connectivity index (χ4n) is 6.93. The van der Waals surface area contributed by atoms with E-state index in [4.69, 9.17) is 15.0 Å². The van der Waals surface area contributed by atoms with Crippen molar-refractivity contribution in [2.24, 2.45) is 26.8 Å². The summed E-state index contributed by atoms with van der Waals surface area (Å²) in [7, 11) is 0. The second-order valence-electron chi connectivity index (χ2n) is 12.1. The molecule has 4 unspecified atom stereocenters. The van der Waals surface area contributed by atoms with Gasteiger partial charge in [-0.05, 0) is 92.1 Å². The van der Waals surface area contributed by atoms with E-state index >= 15 is 0 Å². The van der Waals surface area contributed by atoms with Crippen molar-refractivity contribution in [2.75, 3.05) is 0 Å². The van der Waals surface area contributed by atoms with Gasteiger partial charge in [0.25, 0.3) is 0 Å². The van der Waals surface area contributed by atoms with Gasteiger partial charge < -0.3 is 5.32 Å². The minimum absolute atomic E-state index is 0.0831. The number of rotatable bonds is 6. The second kappa shape index (κ2) is 12.4. The maximum absolute atomic E-state index is 5.21. The number of allylic oxidation sites excluding steroid dienone is 13. The Hall–Kier alpha value is -4.05. The van der Waals surface area contributed by atoms with Crippen LogP contribution >= 0.6 is 0 Å². The van der Waals surface area contributed by atoms with E-state index < -0.39 is 0 Å². The lowest BCUT2D eigenvalue weighted by Crippen LogP contribution is -2.43. The molecule has 42 heavy (non-hydrogen) atoms. The van der Waals surface area contributed by atoms with E-state index in [2.05, 4.69) is 109 Å². The monoisotopic (exact) mass is 552 g/mol. The summed E-state index contributed by atoms with van der Waals surface area (Å²) in [5.41, 5.74) is 7.84. The van der Waals surface area contributed by atoms with Gasteiger partial charge in [0.2, 0.25) is 0 Å². The summed E-state index contributed by atoms with van der Waals surface area (Å²) in [5.74, 6) is 2.93. The molecule has 1 aromatic carbocycles. The molecule has 4 heteroatoms. The Morgan fingerprint density at radius 1 is 0.810 bits per heavy atom. The molecule has 1 N–H and O–H groups in total. The minimum Gasteiger partial charge on any atom is -0.348 e. The zero-order valence-electron chi connectivity index (χ0n) is 24.3. The number of nitrogens with zero attached hydrogens (tertiary/aromatic N) is 3. The van der Waals surface area contributed by atoms with E-state index in [1.807, 2.05) is 0 Å². The van der Waals surface area contributed by atoms with Crippen molar-refractivity contribution in [3.05, 3.63) is 131 Å². The molecule has 7 rings (SSSR count). The zero-order valence-corrected chi connectivity index (χ0v) is 24.3. The fourth-order valence-corrected chi connectivity index (χ4v) is 6.93. The number of hydrogen-bond donors (Lipinski definition) is 1. The summed E-state index contributed by atoms with van der Waals surface area (Å²) >= 11 is 0. The summed E-state index contributed by atoms with van der Waals surface area (Å²) in [6.07, 6.45) is 38.6. The Morgan fingerprint density at radius 2 is 1.74 bits per heavy atom. The first kappa shape index (κ1) is 26.8. The lowest BCUT2D eigenvalue weighted by molar-refractivity contribution is 0.524. The van der Waals surface area contributed by atoms with Gasteiger partial charge in [-0.1, -0.05) is 91.1 Å². The van der Waals surface area contributed by atoms with Gasteiger partial charge in [0.05, 0.1) is 5.71 Å². The van der Waals surface area contributed by atoms with Crippen LogP contribution < -0.4 is 5.32 Å². The van der Waals surface area contributed by atoms with Crippen LogP contribution in [-0.2, 0) is 0 Å².